The molecule has 4 aliphatic rings. The first kappa shape index (κ1) is 44.0. The van der Waals surface area contributed by atoms with Gasteiger partial charge in [0.05, 0.1) is 17.6 Å². The number of nitrogens with zero attached hydrogens (tertiary/aromatic N) is 5. The molecule has 17 heteroatoms. The number of fused-ring (bicyclic) bond motifs is 2. The summed E-state index contributed by atoms with van der Waals surface area (Å²) in [5.74, 6) is -0.282. The van der Waals surface area contributed by atoms with Crippen molar-refractivity contribution in [3.05, 3.63) is 101 Å². The number of aryl methyl sites for hydroxylation is 1. The van der Waals surface area contributed by atoms with E-state index in [-0.39, 0.29) is 42.6 Å². The number of hydrogen-bond donors (Lipinski definition) is 2. The molecule has 0 radical (unpaired) electrons. The molecule has 1 aromatic heterocycles. The molecule has 5 heterocycles. The summed E-state index contributed by atoms with van der Waals surface area (Å²) in [6.45, 7) is 14.6. The zero-order chi connectivity index (χ0) is 44.1. The third-order valence-corrected chi connectivity index (χ3v) is 13.1. The third kappa shape index (κ3) is 9.38. The van der Waals surface area contributed by atoms with E-state index in [0.29, 0.717) is 46.9 Å². The maximum absolute atomic E-state index is 15.9. The second-order valence-corrected chi connectivity index (χ2v) is 17.0. The lowest BCUT2D eigenvalue weighted by atomic mass is 9.89. The lowest BCUT2D eigenvalue weighted by Gasteiger charge is -2.29. The average molecular weight is 870 g/mol. The Morgan fingerprint density at radius 1 is 0.968 bits per heavy atom. The number of rotatable bonds is 13. The molecule has 4 amide bonds. The number of carbonyl (C=O) groups is 4. The number of amides is 4. The molecule has 3 unspecified atom stereocenters. The van der Waals surface area contributed by atoms with Crippen LogP contribution in [0.15, 0.2) is 84.2 Å². The predicted octanol–water partition coefficient (Wildman–Crippen LogP) is 4.55. The van der Waals surface area contributed by atoms with Crippen molar-refractivity contribution in [3.63, 3.8) is 0 Å². The Balaban J connectivity index is 0.000000192. The van der Waals surface area contributed by atoms with E-state index in [1.165, 1.54) is 8.87 Å². The van der Waals surface area contributed by atoms with Gasteiger partial charge in [0.25, 0.3) is 5.91 Å². The monoisotopic (exact) mass is 869 g/mol. The minimum absolute atomic E-state index is 0.0391. The molecule has 2 N–H and O–H groups in total. The molecule has 328 valence electrons. The number of allylic oxidation sites excluding steroid dienone is 2. The van der Waals surface area contributed by atoms with E-state index in [1.54, 1.807) is 52.9 Å². The molecule has 62 heavy (non-hydrogen) atoms. The summed E-state index contributed by atoms with van der Waals surface area (Å²) in [6, 6.07) is 12.2. The Labute approximate surface area is 361 Å². The Bertz CT molecular complexity index is 2530. The lowest BCUT2D eigenvalue weighted by molar-refractivity contribution is -0.135. The number of carbonyl (C=O) groups excluding carboxylic acids is 4. The van der Waals surface area contributed by atoms with Crippen molar-refractivity contribution in [2.45, 2.75) is 51.0 Å². The fraction of sp³-hybridized carbons (Fsp3) is 0.400. The van der Waals surface area contributed by atoms with Crippen molar-refractivity contribution in [1.29, 1.82) is 0 Å². The van der Waals surface area contributed by atoms with Crippen molar-refractivity contribution in [1.82, 2.24) is 29.0 Å². The van der Waals surface area contributed by atoms with Gasteiger partial charge in [0.1, 0.15) is 36.4 Å². The molecule has 4 saturated heterocycles. The summed E-state index contributed by atoms with van der Waals surface area (Å²) in [5.41, 5.74) is 3.06. The van der Waals surface area contributed by atoms with Crippen LogP contribution in [0.1, 0.15) is 56.6 Å². The number of anilines is 1. The van der Waals surface area contributed by atoms with Gasteiger partial charge in [-0.05, 0) is 91.5 Å². The van der Waals surface area contributed by atoms with Crippen LogP contribution in [0.5, 0.6) is 11.5 Å². The second kappa shape index (κ2) is 19.3. The van der Waals surface area contributed by atoms with Gasteiger partial charge in [-0.1, -0.05) is 50.4 Å². The Kier molecular flexibility index (Phi) is 13.7. The number of imide groups is 1. The van der Waals surface area contributed by atoms with Crippen LogP contribution in [0.3, 0.4) is 0 Å². The maximum atomic E-state index is 15.9. The molecule has 0 saturated carbocycles. The van der Waals surface area contributed by atoms with Crippen molar-refractivity contribution in [3.8, 4) is 11.5 Å². The molecule has 0 aliphatic carbocycles. The topological polar surface area (TPSA) is 165 Å². The van der Waals surface area contributed by atoms with Crippen LogP contribution in [0.25, 0.3) is 21.8 Å². The molecule has 4 aliphatic heterocycles. The highest BCUT2D eigenvalue weighted by Gasteiger charge is 2.34. The minimum atomic E-state index is -1.91. The maximum Gasteiger partial charge on any atom is 0.329 e. The van der Waals surface area contributed by atoms with Gasteiger partial charge in [-0.3, -0.25) is 42.7 Å². The first-order chi connectivity index (χ1) is 29.9. The predicted molar refractivity (Wildman–Crippen MR) is 235 cm³/mol. The second-order valence-electron chi connectivity index (χ2n) is 15.9. The van der Waals surface area contributed by atoms with Crippen LogP contribution in [0.4, 0.5) is 10.1 Å². The summed E-state index contributed by atoms with van der Waals surface area (Å²) in [6.07, 6.45) is 9.27. The molecule has 0 spiro atoms. The number of benzene rings is 3. The molecule has 0 bridgehead atoms. The normalized spacial score (nSPS) is 21.1. The van der Waals surface area contributed by atoms with Gasteiger partial charge in [0.2, 0.25) is 29.4 Å². The summed E-state index contributed by atoms with van der Waals surface area (Å²) in [5, 5.41) is 3.22. The number of hydrogen-bond acceptors (Lipinski definition) is 9. The number of aromatic nitrogens is 2. The van der Waals surface area contributed by atoms with Crippen molar-refractivity contribution in [2.24, 2.45) is 13.0 Å². The quantitative estimate of drug-likeness (QED) is 0.112. The third-order valence-electron chi connectivity index (χ3n) is 12.0. The summed E-state index contributed by atoms with van der Waals surface area (Å²) < 4.78 is 46.9. The van der Waals surface area contributed by atoms with Crippen LogP contribution in [0.2, 0.25) is 0 Å². The van der Waals surface area contributed by atoms with E-state index in [4.69, 9.17) is 9.47 Å². The molecule has 8 rings (SSSR count). The van der Waals surface area contributed by atoms with Crippen LogP contribution < -0.4 is 29.5 Å². The van der Waals surface area contributed by atoms with Gasteiger partial charge >= 0.3 is 5.69 Å². The average Bonchev–Trinajstić information content (AvgIpc) is 3.96. The number of piperidine rings is 2. The highest BCUT2D eigenvalue weighted by atomic mass is 32.2. The number of nitrogens with one attached hydrogen (secondary N) is 2. The molecule has 4 aromatic rings. The van der Waals surface area contributed by atoms with Gasteiger partial charge in [-0.25, -0.2) is 13.4 Å². The number of halogens is 1. The molecular formula is C45H52FN7O8S. The number of imidazole rings is 1. The van der Waals surface area contributed by atoms with Crippen LogP contribution in [-0.4, -0.2) is 99.8 Å². The smallest absolute Gasteiger partial charge is 0.329 e. The highest BCUT2D eigenvalue weighted by Crippen LogP contribution is 2.40. The Morgan fingerprint density at radius 2 is 1.76 bits per heavy atom. The zero-order valence-corrected chi connectivity index (χ0v) is 35.8. The van der Waals surface area contributed by atoms with E-state index in [1.807, 2.05) is 24.3 Å². The molecule has 3 atom stereocenters. The van der Waals surface area contributed by atoms with E-state index in [0.717, 1.165) is 75.0 Å². The first-order valence-corrected chi connectivity index (χ1v) is 21.9. The number of likely N-dealkylation sites (tertiary alicyclic amines) is 2. The van der Waals surface area contributed by atoms with Crippen molar-refractivity contribution >= 4 is 62.8 Å². The summed E-state index contributed by atoms with van der Waals surface area (Å²) in [7, 11) is 1.70. The van der Waals surface area contributed by atoms with Gasteiger partial charge in [0, 0.05) is 44.4 Å². The minimum Gasteiger partial charge on any atom is -0.493 e. The van der Waals surface area contributed by atoms with E-state index < -0.39 is 34.8 Å². The van der Waals surface area contributed by atoms with E-state index in [9.17, 15) is 28.2 Å². The summed E-state index contributed by atoms with van der Waals surface area (Å²) in [4.78, 5) is 63.4. The van der Waals surface area contributed by atoms with E-state index in [2.05, 4.69) is 35.0 Å². The summed E-state index contributed by atoms with van der Waals surface area (Å²) >= 11 is -1.91. The largest absolute Gasteiger partial charge is 0.493 e. The Hall–Kier alpha value is -6.07. The van der Waals surface area contributed by atoms with Gasteiger partial charge in [0.15, 0.2) is 5.82 Å². The Morgan fingerprint density at radius 3 is 2.42 bits per heavy atom. The van der Waals surface area contributed by atoms with Crippen molar-refractivity contribution < 1.29 is 37.3 Å². The zero-order valence-electron chi connectivity index (χ0n) is 35.0. The molecular weight excluding hydrogens is 818 g/mol. The SMILES string of the molecule is C=C/C=C(\C=C)COc1cc2ccc(OCC3CCN(CC)C3)cc2c(F)c1N1CC(=O)NS1=O.Cn1c(=O)n(C2CCC(=O)NC2=O)c2ccc(C3CCN(C=O)CC3)cc21. The molecule has 4 fully saturated rings. The van der Waals surface area contributed by atoms with Crippen LogP contribution in [0, 0.1) is 11.7 Å². The fourth-order valence-corrected chi connectivity index (χ4v) is 9.44. The molecule has 15 nitrogen and oxygen atoms in total. The first-order valence-electron chi connectivity index (χ1n) is 20.8. The van der Waals surface area contributed by atoms with Crippen LogP contribution in [-0.2, 0) is 37.4 Å². The number of ether oxygens (including phenoxy) is 2. The standard InChI is InChI=1S/C26H30FN3O4S.C19H22N4O4/c1-4-7-18(5-2)16-34-23-12-20-8-9-21(33-17-19-10-11-29(6-3)14-19)13-22(20)25(27)26(23)30-15-24(31)28-35(30)32;1-21-16-10-13(12-6-8-22(11-24)9-7-12)2-3-14(16)23(19(21)27)15-4-5-17(25)20-18(15)26/h4-5,7-9,12-13,19H,1-2,6,10-11,14-17H2,3H3,(H,28,31);2-3,10-12,15H,4-9H2,1H3,(H,20,25,26)/b18-7+;. The van der Waals surface area contributed by atoms with Crippen molar-refractivity contribution in [2.75, 3.05) is 56.8 Å². The van der Waals surface area contributed by atoms with Gasteiger partial charge in [-0.2, -0.15) is 0 Å². The van der Waals surface area contributed by atoms with Gasteiger partial charge in [-0.15, -0.1) is 0 Å². The van der Waals surface area contributed by atoms with Crippen LogP contribution >= 0.6 is 0 Å². The van der Waals surface area contributed by atoms with Gasteiger partial charge < -0.3 is 19.3 Å². The van der Waals surface area contributed by atoms with E-state index >= 15 is 4.39 Å². The fourth-order valence-electron chi connectivity index (χ4n) is 8.50. The highest BCUT2D eigenvalue weighted by molar-refractivity contribution is 7.85. The lowest BCUT2D eigenvalue weighted by Crippen LogP contribution is -2.44. The molecule has 3 aromatic carbocycles.